The molecule has 0 aliphatic heterocycles. The third-order valence-electron chi connectivity index (χ3n) is 7.22. The number of carbonyl (C=O) groups is 1. The van der Waals surface area contributed by atoms with Crippen molar-refractivity contribution in [2.75, 3.05) is 7.11 Å². The van der Waals surface area contributed by atoms with Crippen LogP contribution in [0.1, 0.15) is 73.7 Å². The molecule has 0 saturated heterocycles. The molecule has 0 spiro atoms. The third kappa shape index (κ3) is 3.42. The highest BCUT2D eigenvalue weighted by Crippen LogP contribution is 2.48. The van der Waals surface area contributed by atoms with Gasteiger partial charge in [0.2, 0.25) is 0 Å². The summed E-state index contributed by atoms with van der Waals surface area (Å²) in [6, 6.07) is 6.16. The van der Waals surface area contributed by atoms with Crippen LogP contribution in [0, 0.1) is 29.4 Å². The summed E-state index contributed by atoms with van der Waals surface area (Å²) in [6.07, 6.45) is 8.35. The molecule has 2 saturated carbocycles. The predicted molar refractivity (Wildman–Crippen MR) is 106 cm³/mol. The van der Waals surface area contributed by atoms with Crippen molar-refractivity contribution in [2.24, 2.45) is 17.8 Å². The topological polar surface area (TPSA) is 26.3 Å². The van der Waals surface area contributed by atoms with E-state index in [0.29, 0.717) is 16.9 Å². The second-order valence-corrected chi connectivity index (χ2v) is 8.63. The molecule has 2 aromatic carbocycles. The Balaban J connectivity index is 1.61. The van der Waals surface area contributed by atoms with Crippen molar-refractivity contribution in [2.45, 2.75) is 57.8 Å². The molecule has 4 unspecified atom stereocenters. The maximum absolute atomic E-state index is 15.3. The van der Waals surface area contributed by atoms with Crippen LogP contribution in [-0.2, 0) is 4.74 Å². The monoisotopic (exact) mass is 386 g/mol. The Morgan fingerprint density at radius 2 is 1.82 bits per heavy atom. The van der Waals surface area contributed by atoms with Crippen molar-refractivity contribution >= 4 is 16.7 Å². The van der Waals surface area contributed by atoms with Crippen LogP contribution in [-0.4, -0.2) is 13.1 Å². The molecular formula is C24H28F2O2. The van der Waals surface area contributed by atoms with Crippen LogP contribution < -0.4 is 0 Å². The molecule has 28 heavy (non-hydrogen) atoms. The van der Waals surface area contributed by atoms with Crippen LogP contribution in [0.4, 0.5) is 8.78 Å². The van der Waals surface area contributed by atoms with E-state index in [1.165, 1.54) is 45.3 Å². The van der Waals surface area contributed by atoms with Crippen LogP contribution in [0.25, 0.3) is 10.8 Å². The van der Waals surface area contributed by atoms with Gasteiger partial charge < -0.3 is 4.74 Å². The molecule has 2 aliphatic carbocycles. The van der Waals surface area contributed by atoms with Crippen molar-refractivity contribution < 1.29 is 18.3 Å². The van der Waals surface area contributed by atoms with Crippen molar-refractivity contribution in [3.63, 3.8) is 0 Å². The van der Waals surface area contributed by atoms with Crippen molar-refractivity contribution in [1.29, 1.82) is 0 Å². The van der Waals surface area contributed by atoms with Crippen LogP contribution >= 0.6 is 0 Å². The molecule has 0 bridgehead atoms. The molecule has 4 atom stereocenters. The number of hydrogen-bond donors (Lipinski definition) is 0. The Hall–Kier alpha value is -1.97. The first-order valence-electron chi connectivity index (χ1n) is 10.5. The highest BCUT2D eigenvalue weighted by Gasteiger charge is 2.36. The van der Waals surface area contributed by atoms with Gasteiger partial charge in [0.15, 0.2) is 0 Å². The first-order chi connectivity index (χ1) is 13.5. The van der Waals surface area contributed by atoms with Gasteiger partial charge in [0.1, 0.15) is 11.6 Å². The Labute approximate surface area is 165 Å². The van der Waals surface area contributed by atoms with E-state index in [2.05, 4.69) is 11.7 Å². The van der Waals surface area contributed by atoms with Crippen molar-refractivity contribution in [3.05, 3.63) is 47.0 Å². The summed E-state index contributed by atoms with van der Waals surface area (Å²) in [5, 5.41) is 0.777. The highest BCUT2D eigenvalue weighted by molar-refractivity contribution is 5.96. The second kappa shape index (κ2) is 7.81. The predicted octanol–water partition coefficient (Wildman–Crippen LogP) is 6.61. The molecule has 0 heterocycles. The minimum absolute atomic E-state index is 0.157. The van der Waals surface area contributed by atoms with Gasteiger partial charge in [-0.2, -0.15) is 0 Å². The first kappa shape index (κ1) is 19.4. The number of ether oxygens (including phenoxy) is 1. The zero-order valence-electron chi connectivity index (χ0n) is 16.6. The fraction of sp³-hybridized carbons (Fsp3) is 0.542. The summed E-state index contributed by atoms with van der Waals surface area (Å²) in [7, 11) is 1.21. The van der Waals surface area contributed by atoms with Gasteiger partial charge in [-0.1, -0.05) is 31.9 Å². The number of hydrogen-bond acceptors (Lipinski definition) is 2. The Morgan fingerprint density at radius 1 is 1.07 bits per heavy atom. The number of carbonyl (C=O) groups excluding carboxylic acids is 1. The summed E-state index contributed by atoms with van der Waals surface area (Å²) < 4.78 is 34.2. The van der Waals surface area contributed by atoms with Gasteiger partial charge in [-0.25, -0.2) is 13.6 Å². The Morgan fingerprint density at radius 3 is 2.57 bits per heavy atom. The molecule has 2 fully saturated rings. The normalized spacial score (nSPS) is 27.4. The lowest BCUT2D eigenvalue weighted by molar-refractivity contribution is 0.0595. The van der Waals surface area contributed by atoms with E-state index in [9.17, 15) is 9.18 Å². The van der Waals surface area contributed by atoms with Gasteiger partial charge in [-0.15, -0.1) is 0 Å². The van der Waals surface area contributed by atoms with Gasteiger partial charge in [-0.05, 0) is 78.9 Å². The Kier molecular flexibility index (Phi) is 5.39. The van der Waals surface area contributed by atoms with Gasteiger partial charge in [0.25, 0.3) is 0 Å². The van der Waals surface area contributed by atoms with Crippen molar-refractivity contribution in [1.82, 2.24) is 0 Å². The highest BCUT2D eigenvalue weighted by atomic mass is 19.1. The summed E-state index contributed by atoms with van der Waals surface area (Å²) in [5.41, 5.74) is 0.545. The fourth-order valence-electron chi connectivity index (χ4n) is 5.55. The van der Waals surface area contributed by atoms with Crippen LogP contribution in [0.3, 0.4) is 0 Å². The first-order valence-corrected chi connectivity index (χ1v) is 10.5. The molecule has 4 rings (SSSR count). The molecule has 0 N–H and O–H groups in total. The number of benzene rings is 2. The molecular weight excluding hydrogens is 358 g/mol. The largest absolute Gasteiger partial charge is 0.465 e. The van der Waals surface area contributed by atoms with E-state index >= 15 is 4.39 Å². The summed E-state index contributed by atoms with van der Waals surface area (Å²) in [4.78, 5) is 11.7. The lowest BCUT2D eigenvalue weighted by atomic mass is 9.63. The Bertz CT molecular complexity index is 892. The fourth-order valence-corrected chi connectivity index (χ4v) is 5.55. The summed E-state index contributed by atoms with van der Waals surface area (Å²) >= 11 is 0. The molecule has 0 amide bonds. The maximum atomic E-state index is 15.3. The van der Waals surface area contributed by atoms with Crippen molar-refractivity contribution in [3.8, 4) is 0 Å². The summed E-state index contributed by atoms with van der Waals surface area (Å²) in [6.45, 7) is 2.28. The van der Waals surface area contributed by atoms with E-state index in [4.69, 9.17) is 0 Å². The van der Waals surface area contributed by atoms with Crippen LogP contribution in [0.15, 0.2) is 24.3 Å². The number of rotatable bonds is 3. The van der Waals surface area contributed by atoms with Gasteiger partial charge in [0.05, 0.1) is 12.7 Å². The third-order valence-corrected chi connectivity index (χ3v) is 7.22. The molecule has 2 aromatic rings. The SMILES string of the molecule is CCC1CCC2CC(c3ccc4cc(C(=O)OC)c(F)cc4c3F)CCC2C1. The van der Waals surface area contributed by atoms with Crippen LogP contribution in [0.5, 0.6) is 0 Å². The zero-order chi connectivity index (χ0) is 19.8. The molecule has 2 aliphatic rings. The average molecular weight is 386 g/mol. The average Bonchev–Trinajstić information content (AvgIpc) is 2.72. The number of methoxy groups -OCH3 is 1. The molecule has 0 aromatic heterocycles. The maximum Gasteiger partial charge on any atom is 0.340 e. The standard InChI is InChI=1S/C24H28F2O2/c1-3-14-4-5-16-11-17(7-6-15(16)10-14)19-9-8-18-12-21(24(27)28-2)22(25)13-20(18)23(19)26/h8-9,12-17H,3-7,10-11H2,1-2H3. The molecule has 0 radical (unpaired) electrons. The molecule has 4 heteroatoms. The minimum atomic E-state index is -0.745. The lowest BCUT2D eigenvalue weighted by Gasteiger charge is -2.42. The number of halogens is 2. The summed E-state index contributed by atoms with van der Waals surface area (Å²) in [5.74, 6) is 0.725. The van der Waals surface area contributed by atoms with E-state index < -0.39 is 11.8 Å². The van der Waals surface area contributed by atoms with Gasteiger partial charge in [-0.3, -0.25) is 0 Å². The zero-order valence-corrected chi connectivity index (χ0v) is 16.6. The van der Waals surface area contributed by atoms with E-state index in [1.54, 1.807) is 6.07 Å². The number of fused-ring (bicyclic) bond motifs is 2. The quantitative estimate of drug-likeness (QED) is 0.555. The minimum Gasteiger partial charge on any atom is -0.465 e. The molecule has 2 nitrogen and oxygen atoms in total. The molecule has 150 valence electrons. The van der Waals surface area contributed by atoms with Crippen LogP contribution in [0.2, 0.25) is 0 Å². The van der Waals surface area contributed by atoms with E-state index in [-0.39, 0.29) is 22.7 Å². The van der Waals surface area contributed by atoms with Gasteiger partial charge >= 0.3 is 5.97 Å². The number of esters is 1. The lowest BCUT2D eigenvalue weighted by Crippen LogP contribution is -2.30. The smallest absolute Gasteiger partial charge is 0.340 e. The second-order valence-electron chi connectivity index (χ2n) is 8.63. The van der Waals surface area contributed by atoms with E-state index in [1.807, 2.05) is 6.07 Å². The van der Waals surface area contributed by atoms with Gasteiger partial charge in [0, 0.05) is 5.39 Å². The van der Waals surface area contributed by atoms with E-state index in [0.717, 1.165) is 30.7 Å².